The second kappa shape index (κ2) is 9.00. The highest BCUT2D eigenvalue weighted by atomic mass is 32.2. The number of sulfonamides is 1. The zero-order valence-electron chi connectivity index (χ0n) is 16.4. The molecule has 0 radical (unpaired) electrons. The van der Waals surface area contributed by atoms with Crippen molar-refractivity contribution in [2.75, 3.05) is 30.8 Å². The monoisotopic (exact) mass is 416 g/mol. The molecule has 1 saturated heterocycles. The van der Waals surface area contributed by atoms with Crippen molar-refractivity contribution >= 4 is 27.7 Å². The zero-order chi connectivity index (χ0) is 20.9. The van der Waals surface area contributed by atoms with E-state index in [0.717, 1.165) is 11.1 Å². The Kier molecular flexibility index (Phi) is 6.43. The smallest absolute Gasteiger partial charge is 0.244 e. The van der Waals surface area contributed by atoms with E-state index in [1.807, 2.05) is 12.1 Å². The number of nitrogens with zero attached hydrogens (tertiary/aromatic N) is 1. The van der Waals surface area contributed by atoms with Crippen LogP contribution in [0.5, 0.6) is 11.5 Å². The molecule has 29 heavy (non-hydrogen) atoms. The van der Waals surface area contributed by atoms with E-state index >= 15 is 0 Å². The fourth-order valence-electron chi connectivity index (χ4n) is 3.07. The third kappa shape index (κ3) is 5.29. The van der Waals surface area contributed by atoms with Crippen LogP contribution in [0.2, 0.25) is 0 Å². The van der Waals surface area contributed by atoms with E-state index in [4.69, 9.17) is 9.47 Å². The predicted molar refractivity (Wildman–Crippen MR) is 113 cm³/mol. The van der Waals surface area contributed by atoms with Crippen molar-refractivity contribution in [3.05, 3.63) is 59.7 Å². The number of methoxy groups -OCH3 is 2. The lowest BCUT2D eigenvalue weighted by Gasteiger charge is -2.16. The van der Waals surface area contributed by atoms with Crippen molar-refractivity contribution in [3.8, 4) is 11.5 Å². The molecular formula is C21H24N2O5S. The first-order valence-electron chi connectivity index (χ1n) is 9.19. The summed E-state index contributed by atoms with van der Waals surface area (Å²) in [5.74, 6) is 1.26. The normalized spacial score (nSPS) is 15.4. The van der Waals surface area contributed by atoms with E-state index in [1.54, 1.807) is 50.6 Å². The van der Waals surface area contributed by atoms with Gasteiger partial charge in [-0.3, -0.25) is 9.10 Å². The molecular weight excluding hydrogens is 392 g/mol. The van der Waals surface area contributed by atoms with Crippen molar-refractivity contribution in [1.29, 1.82) is 0 Å². The summed E-state index contributed by atoms with van der Waals surface area (Å²) in [5.41, 5.74) is 2.32. The molecule has 154 valence electrons. The minimum atomic E-state index is -3.19. The first-order chi connectivity index (χ1) is 13.9. The average molecular weight is 416 g/mol. The van der Waals surface area contributed by atoms with E-state index in [1.165, 1.54) is 10.4 Å². The number of anilines is 1. The first-order valence-corrected chi connectivity index (χ1v) is 10.8. The maximum atomic E-state index is 12.1. The fourth-order valence-corrected chi connectivity index (χ4v) is 4.63. The highest BCUT2D eigenvalue weighted by Gasteiger charge is 2.28. The Labute approximate surface area is 171 Å². The molecule has 1 fully saturated rings. The number of carbonyl (C=O) groups is 1. The van der Waals surface area contributed by atoms with Crippen molar-refractivity contribution in [3.63, 3.8) is 0 Å². The Morgan fingerprint density at radius 3 is 2.31 bits per heavy atom. The number of amides is 1. The van der Waals surface area contributed by atoms with E-state index < -0.39 is 10.0 Å². The second-order valence-electron chi connectivity index (χ2n) is 6.61. The van der Waals surface area contributed by atoms with Crippen LogP contribution < -0.4 is 19.1 Å². The SMILES string of the molecule is COc1cc(CNC(=O)/C=C/c2ccc(N3CCCS3(=O)=O)cc2)cc(OC)c1. The van der Waals surface area contributed by atoms with Crippen LogP contribution in [-0.2, 0) is 21.4 Å². The number of ether oxygens (including phenoxy) is 2. The van der Waals surface area contributed by atoms with Gasteiger partial charge in [0.15, 0.2) is 0 Å². The van der Waals surface area contributed by atoms with Gasteiger partial charge in [0.25, 0.3) is 0 Å². The number of nitrogens with one attached hydrogen (secondary N) is 1. The second-order valence-corrected chi connectivity index (χ2v) is 8.62. The Morgan fingerprint density at radius 2 is 1.76 bits per heavy atom. The Hall–Kier alpha value is -3.00. The van der Waals surface area contributed by atoms with Crippen LogP contribution in [0.3, 0.4) is 0 Å². The van der Waals surface area contributed by atoms with Gasteiger partial charge in [-0.1, -0.05) is 12.1 Å². The lowest BCUT2D eigenvalue weighted by molar-refractivity contribution is -0.116. The fraction of sp³-hybridized carbons (Fsp3) is 0.286. The van der Waals surface area contributed by atoms with Gasteiger partial charge in [-0.25, -0.2) is 8.42 Å². The molecule has 8 heteroatoms. The molecule has 1 aliphatic heterocycles. The van der Waals surface area contributed by atoms with Gasteiger partial charge in [-0.2, -0.15) is 0 Å². The molecule has 0 aliphatic carbocycles. The summed E-state index contributed by atoms with van der Waals surface area (Å²) in [4.78, 5) is 12.1. The standard InChI is InChI=1S/C21H24N2O5S/c1-27-19-12-17(13-20(14-19)28-2)15-22-21(24)9-6-16-4-7-18(8-5-16)23-10-3-11-29(23,25)26/h4-9,12-14H,3,10-11,15H2,1-2H3,(H,22,24)/b9-6+. The third-order valence-corrected chi connectivity index (χ3v) is 6.46. The quantitative estimate of drug-likeness (QED) is 0.702. The lowest BCUT2D eigenvalue weighted by Crippen LogP contribution is -2.24. The first kappa shape index (κ1) is 20.7. The van der Waals surface area contributed by atoms with Crippen molar-refractivity contribution < 1.29 is 22.7 Å². The minimum absolute atomic E-state index is 0.188. The molecule has 2 aromatic rings. The predicted octanol–water partition coefficient (Wildman–Crippen LogP) is 2.57. The lowest BCUT2D eigenvalue weighted by atomic mass is 10.2. The van der Waals surface area contributed by atoms with Gasteiger partial charge in [-0.05, 0) is 47.9 Å². The van der Waals surface area contributed by atoms with Gasteiger partial charge < -0.3 is 14.8 Å². The summed E-state index contributed by atoms with van der Waals surface area (Å²) in [7, 11) is -0.0419. The van der Waals surface area contributed by atoms with Crippen LogP contribution >= 0.6 is 0 Å². The maximum absolute atomic E-state index is 12.1. The molecule has 1 amide bonds. The molecule has 0 bridgehead atoms. The largest absolute Gasteiger partial charge is 0.497 e. The van der Waals surface area contributed by atoms with Crippen LogP contribution in [0.15, 0.2) is 48.5 Å². The molecule has 7 nitrogen and oxygen atoms in total. The van der Waals surface area contributed by atoms with Crippen molar-refractivity contribution in [1.82, 2.24) is 5.32 Å². The van der Waals surface area contributed by atoms with Gasteiger partial charge in [0.1, 0.15) is 11.5 Å². The average Bonchev–Trinajstić information content (AvgIpc) is 3.09. The van der Waals surface area contributed by atoms with Crippen LogP contribution in [0.25, 0.3) is 6.08 Å². The Bertz CT molecular complexity index is 978. The maximum Gasteiger partial charge on any atom is 0.244 e. The highest BCUT2D eigenvalue weighted by Crippen LogP contribution is 2.24. The van der Waals surface area contributed by atoms with Gasteiger partial charge >= 0.3 is 0 Å². The molecule has 1 N–H and O–H groups in total. The van der Waals surface area contributed by atoms with Crippen LogP contribution in [0.1, 0.15) is 17.5 Å². The number of hydrogen-bond donors (Lipinski definition) is 1. The molecule has 0 spiro atoms. The van der Waals surface area contributed by atoms with Gasteiger partial charge in [-0.15, -0.1) is 0 Å². The minimum Gasteiger partial charge on any atom is -0.497 e. The van der Waals surface area contributed by atoms with Crippen LogP contribution in [-0.4, -0.2) is 40.8 Å². The summed E-state index contributed by atoms with van der Waals surface area (Å²) < 4.78 is 35.8. The van der Waals surface area contributed by atoms with Gasteiger partial charge in [0.05, 0.1) is 25.7 Å². The Morgan fingerprint density at radius 1 is 1.10 bits per heavy atom. The van der Waals surface area contributed by atoms with Gasteiger partial charge in [0, 0.05) is 25.2 Å². The number of hydrogen-bond acceptors (Lipinski definition) is 5. The summed E-state index contributed by atoms with van der Waals surface area (Å²) in [6, 6.07) is 12.5. The van der Waals surface area contributed by atoms with E-state index in [9.17, 15) is 13.2 Å². The van der Waals surface area contributed by atoms with E-state index in [0.29, 0.717) is 36.7 Å². The highest BCUT2D eigenvalue weighted by molar-refractivity contribution is 7.93. The number of carbonyl (C=O) groups excluding carboxylic acids is 1. The molecule has 1 heterocycles. The third-order valence-electron chi connectivity index (χ3n) is 4.59. The van der Waals surface area contributed by atoms with Crippen LogP contribution in [0.4, 0.5) is 5.69 Å². The molecule has 0 saturated carbocycles. The number of benzene rings is 2. The zero-order valence-corrected chi connectivity index (χ0v) is 17.2. The van der Waals surface area contributed by atoms with E-state index in [2.05, 4.69) is 5.32 Å². The molecule has 0 atom stereocenters. The van der Waals surface area contributed by atoms with E-state index in [-0.39, 0.29) is 11.7 Å². The molecule has 0 aromatic heterocycles. The summed E-state index contributed by atoms with van der Waals surface area (Å²) >= 11 is 0. The van der Waals surface area contributed by atoms with Crippen molar-refractivity contribution in [2.45, 2.75) is 13.0 Å². The van der Waals surface area contributed by atoms with Crippen LogP contribution in [0, 0.1) is 0 Å². The summed E-state index contributed by atoms with van der Waals surface area (Å²) in [6.45, 7) is 0.845. The summed E-state index contributed by atoms with van der Waals surface area (Å²) in [6.07, 6.45) is 3.77. The molecule has 0 unspecified atom stereocenters. The molecule has 2 aromatic carbocycles. The topological polar surface area (TPSA) is 84.9 Å². The Balaban J connectivity index is 1.58. The van der Waals surface area contributed by atoms with Crippen molar-refractivity contribution in [2.24, 2.45) is 0 Å². The summed E-state index contributed by atoms with van der Waals surface area (Å²) in [5, 5.41) is 2.81. The number of rotatable bonds is 7. The van der Waals surface area contributed by atoms with Gasteiger partial charge in [0.2, 0.25) is 15.9 Å². The molecule has 3 rings (SSSR count). The molecule has 1 aliphatic rings.